The molecule has 0 aromatic heterocycles. The number of benzene rings is 2. The predicted molar refractivity (Wildman–Crippen MR) is 116 cm³/mol. The minimum absolute atomic E-state index is 0.00171. The Morgan fingerprint density at radius 3 is 2.45 bits per heavy atom. The molecule has 7 heteroatoms. The number of hydrogen-bond donors (Lipinski definition) is 2. The van der Waals surface area contributed by atoms with Gasteiger partial charge in [-0.15, -0.1) is 0 Å². The summed E-state index contributed by atoms with van der Waals surface area (Å²) < 4.78 is 10.9. The molecule has 0 spiro atoms. The van der Waals surface area contributed by atoms with Crippen LogP contribution in [0.4, 0.5) is 0 Å². The third kappa shape index (κ3) is 7.37. The van der Waals surface area contributed by atoms with Gasteiger partial charge in [0.15, 0.2) is 5.96 Å². The number of carbonyl (C=O) groups is 1. The largest absolute Gasteiger partial charge is 0.497 e. The van der Waals surface area contributed by atoms with E-state index >= 15 is 0 Å². The van der Waals surface area contributed by atoms with Gasteiger partial charge >= 0.3 is 0 Å². The number of rotatable bonds is 9. The second-order valence-electron chi connectivity index (χ2n) is 6.63. The summed E-state index contributed by atoms with van der Waals surface area (Å²) in [4.78, 5) is 17.7. The van der Waals surface area contributed by atoms with E-state index in [0.717, 1.165) is 36.0 Å². The fraction of sp³-hybridized carbons (Fsp3) is 0.364. The first kappa shape index (κ1) is 22.1. The number of nitrogens with one attached hydrogen (secondary N) is 2. The third-order valence-corrected chi connectivity index (χ3v) is 4.21. The monoisotopic (exact) mass is 398 g/mol. The number of methoxy groups -OCH3 is 1. The maximum atomic E-state index is 11.9. The van der Waals surface area contributed by atoms with Crippen LogP contribution in [-0.4, -0.2) is 58.2 Å². The lowest BCUT2D eigenvalue weighted by Gasteiger charge is -2.13. The number of carbonyl (C=O) groups excluding carboxylic acids is 1. The molecule has 156 valence electrons. The minimum Gasteiger partial charge on any atom is -0.497 e. The van der Waals surface area contributed by atoms with Crippen LogP contribution in [-0.2, 0) is 6.54 Å². The number of guanidine groups is 1. The molecule has 2 aromatic carbocycles. The lowest BCUT2D eigenvalue weighted by molar-refractivity contribution is 0.0827. The molecule has 0 bridgehead atoms. The van der Waals surface area contributed by atoms with Crippen LogP contribution < -0.4 is 20.1 Å². The van der Waals surface area contributed by atoms with Crippen molar-refractivity contribution in [3.05, 3.63) is 59.7 Å². The van der Waals surface area contributed by atoms with Gasteiger partial charge in [0.05, 0.1) is 13.7 Å². The second kappa shape index (κ2) is 11.6. The number of hydrogen-bond acceptors (Lipinski definition) is 4. The summed E-state index contributed by atoms with van der Waals surface area (Å²) in [7, 11) is 6.87. The van der Waals surface area contributed by atoms with E-state index in [1.807, 2.05) is 48.5 Å². The minimum atomic E-state index is -0.00171. The third-order valence-electron chi connectivity index (χ3n) is 4.21. The van der Waals surface area contributed by atoms with Gasteiger partial charge in [-0.05, 0) is 36.2 Å². The lowest BCUT2D eigenvalue weighted by Crippen LogP contribution is -2.37. The Balaban J connectivity index is 1.69. The Morgan fingerprint density at radius 2 is 1.79 bits per heavy atom. The Kier molecular flexibility index (Phi) is 8.82. The van der Waals surface area contributed by atoms with Gasteiger partial charge < -0.3 is 25.0 Å². The molecule has 0 aliphatic heterocycles. The summed E-state index contributed by atoms with van der Waals surface area (Å²) in [5.41, 5.74) is 1.75. The topological polar surface area (TPSA) is 75.2 Å². The standard InChI is InChI=1S/C22H30N4O3/c1-23-22(24-13-6-14-29-20-8-5-7-19(15-20)28-4)25-16-17-9-11-18(12-10-17)21(27)26(2)3/h5,7-12,15H,6,13-14,16H2,1-4H3,(H2,23,24,25). The Bertz CT molecular complexity index is 804. The molecule has 0 saturated carbocycles. The number of nitrogens with zero attached hydrogens (tertiary/aromatic N) is 2. The SMILES string of the molecule is CN=C(NCCCOc1cccc(OC)c1)NCc1ccc(C(=O)N(C)C)cc1. The summed E-state index contributed by atoms with van der Waals surface area (Å²) >= 11 is 0. The van der Waals surface area contributed by atoms with Crippen LogP contribution in [0.1, 0.15) is 22.3 Å². The molecule has 0 aliphatic rings. The highest BCUT2D eigenvalue weighted by Crippen LogP contribution is 2.18. The maximum Gasteiger partial charge on any atom is 0.253 e. The molecule has 0 aliphatic carbocycles. The molecule has 0 atom stereocenters. The first-order chi connectivity index (χ1) is 14.0. The van der Waals surface area contributed by atoms with Crippen LogP contribution in [0.2, 0.25) is 0 Å². The van der Waals surface area contributed by atoms with Crippen molar-refractivity contribution in [3.63, 3.8) is 0 Å². The van der Waals surface area contributed by atoms with Crippen LogP contribution in [0.25, 0.3) is 0 Å². The summed E-state index contributed by atoms with van der Waals surface area (Å²) in [5, 5.41) is 6.53. The van der Waals surface area contributed by atoms with E-state index in [2.05, 4.69) is 15.6 Å². The zero-order valence-electron chi connectivity index (χ0n) is 17.6. The average Bonchev–Trinajstić information content (AvgIpc) is 2.75. The van der Waals surface area contributed by atoms with E-state index in [9.17, 15) is 4.79 Å². The molecule has 2 aromatic rings. The summed E-state index contributed by atoms with van der Waals surface area (Å²) in [6, 6.07) is 15.1. The molecule has 7 nitrogen and oxygen atoms in total. The van der Waals surface area contributed by atoms with Gasteiger partial charge in [0.2, 0.25) is 0 Å². The van der Waals surface area contributed by atoms with Gasteiger partial charge in [-0.25, -0.2) is 0 Å². The molecule has 0 fully saturated rings. The van der Waals surface area contributed by atoms with Crippen molar-refractivity contribution in [1.29, 1.82) is 0 Å². The molecule has 1 amide bonds. The average molecular weight is 399 g/mol. The van der Waals surface area contributed by atoms with Crippen molar-refractivity contribution >= 4 is 11.9 Å². The molecular weight excluding hydrogens is 368 g/mol. The van der Waals surface area contributed by atoms with E-state index in [4.69, 9.17) is 9.47 Å². The quantitative estimate of drug-likeness (QED) is 0.386. The van der Waals surface area contributed by atoms with Crippen molar-refractivity contribution in [1.82, 2.24) is 15.5 Å². The fourth-order valence-corrected chi connectivity index (χ4v) is 2.59. The van der Waals surface area contributed by atoms with Crippen LogP contribution in [0, 0.1) is 0 Å². The van der Waals surface area contributed by atoms with Crippen molar-refractivity contribution < 1.29 is 14.3 Å². The van der Waals surface area contributed by atoms with Crippen molar-refractivity contribution in [3.8, 4) is 11.5 Å². The fourth-order valence-electron chi connectivity index (χ4n) is 2.59. The van der Waals surface area contributed by atoms with E-state index < -0.39 is 0 Å². The molecule has 0 unspecified atom stereocenters. The van der Waals surface area contributed by atoms with Gasteiger partial charge in [0, 0.05) is 45.9 Å². The van der Waals surface area contributed by atoms with E-state index in [1.54, 1.807) is 33.2 Å². The second-order valence-corrected chi connectivity index (χ2v) is 6.63. The molecule has 0 saturated heterocycles. The highest BCUT2D eigenvalue weighted by molar-refractivity contribution is 5.93. The van der Waals surface area contributed by atoms with E-state index in [0.29, 0.717) is 18.7 Å². The van der Waals surface area contributed by atoms with Crippen LogP contribution in [0.3, 0.4) is 0 Å². The summed E-state index contributed by atoms with van der Waals surface area (Å²) in [5.74, 6) is 2.30. The first-order valence-electron chi connectivity index (χ1n) is 9.55. The molecule has 2 N–H and O–H groups in total. The smallest absolute Gasteiger partial charge is 0.253 e. The van der Waals surface area contributed by atoms with E-state index in [1.165, 1.54) is 0 Å². The van der Waals surface area contributed by atoms with E-state index in [-0.39, 0.29) is 5.91 Å². The molecular formula is C22H30N4O3. The van der Waals surface area contributed by atoms with Gasteiger partial charge in [-0.3, -0.25) is 9.79 Å². The predicted octanol–water partition coefficient (Wildman–Crippen LogP) is 2.53. The highest BCUT2D eigenvalue weighted by atomic mass is 16.5. The number of aliphatic imine (C=N–C) groups is 1. The molecule has 0 radical (unpaired) electrons. The maximum absolute atomic E-state index is 11.9. The normalized spacial score (nSPS) is 11.0. The Hall–Kier alpha value is -3.22. The zero-order chi connectivity index (χ0) is 21.1. The van der Waals surface area contributed by atoms with Crippen LogP contribution in [0.5, 0.6) is 11.5 Å². The van der Waals surface area contributed by atoms with Gasteiger partial charge in [0.1, 0.15) is 11.5 Å². The van der Waals surface area contributed by atoms with Crippen LogP contribution >= 0.6 is 0 Å². The summed E-state index contributed by atoms with van der Waals surface area (Å²) in [6.45, 7) is 1.95. The molecule has 0 heterocycles. The molecule has 2 rings (SSSR count). The van der Waals surface area contributed by atoms with Crippen molar-refractivity contribution in [2.24, 2.45) is 4.99 Å². The number of ether oxygens (including phenoxy) is 2. The summed E-state index contributed by atoms with van der Waals surface area (Å²) in [6.07, 6.45) is 0.833. The van der Waals surface area contributed by atoms with Crippen LogP contribution in [0.15, 0.2) is 53.5 Å². The zero-order valence-corrected chi connectivity index (χ0v) is 17.6. The van der Waals surface area contributed by atoms with Crippen molar-refractivity contribution in [2.45, 2.75) is 13.0 Å². The van der Waals surface area contributed by atoms with Crippen molar-refractivity contribution in [2.75, 3.05) is 41.4 Å². The highest BCUT2D eigenvalue weighted by Gasteiger charge is 2.07. The number of amides is 1. The lowest BCUT2D eigenvalue weighted by atomic mass is 10.1. The Labute approximate surface area is 172 Å². The van der Waals surface area contributed by atoms with Gasteiger partial charge in [0.25, 0.3) is 5.91 Å². The molecule has 29 heavy (non-hydrogen) atoms. The van der Waals surface area contributed by atoms with Gasteiger partial charge in [-0.1, -0.05) is 18.2 Å². The first-order valence-corrected chi connectivity index (χ1v) is 9.55. The van der Waals surface area contributed by atoms with Gasteiger partial charge in [-0.2, -0.15) is 0 Å². The Morgan fingerprint density at radius 1 is 1.07 bits per heavy atom.